The Bertz CT molecular complexity index is 474. The van der Waals surface area contributed by atoms with Crippen LogP contribution in [-0.2, 0) is 13.0 Å². The van der Waals surface area contributed by atoms with Crippen molar-refractivity contribution in [1.29, 1.82) is 0 Å². The van der Waals surface area contributed by atoms with Crippen LogP contribution in [0.4, 0.5) is 0 Å². The normalized spacial score (nSPS) is 25.1. The Kier molecular flexibility index (Phi) is 4.07. The maximum Gasteiger partial charge on any atom is 0.150 e. The first kappa shape index (κ1) is 14.4. The summed E-state index contributed by atoms with van der Waals surface area (Å²) in [6.45, 7) is 7.87. The highest BCUT2D eigenvalue weighted by molar-refractivity contribution is 6.30. The Morgan fingerprint density at radius 3 is 2.55 bits per heavy atom. The van der Waals surface area contributed by atoms with Crippen molar-refractivity contribution < 1.29 is 0 Å². The molecule has 112 valence electrons. The number of nitrogens with zero attached hydrogens (tertiary/aromatic N) is 3. The van der Waals surface area contributed by atoms with Crippen molar-refractivity contribution in [1.82, 2.24) is 14.5 Å². The van der Waals surface area contributed by atoms with Gasteiger partial charge in [0.15, 0.2) is 5.15 Å². The Balaban J connectivity index is 1.77. The second kappa shape index (κ2) is 5.66. The number of hydrogen-bond donors (Lipinski definition) is 1. The van der Waals surface area contributed by atoms with Gasteiger partial charge < -0.3 is 15.2 Å². The molecule has 2 aliphatic rings. The van der Waals surface area contributed by atoms with Crippen LogP contribution in [0.2, 0.25) is 5.15 Å². The number of rotatable bonds is 2. The topological polar surface area (TPSA) is 47.1 Å². The molecular formula is C15H25ClN4. The summed E-state index contributed by atoms with van der Waals surface area (Å²) < 4.78 is 2.35. The summed E-state index contributed by atoms with van der Waals surface area (Å²) in [6.07, 6.45) is 4.29. The van der Waals surface area contributed by atoms with E-state index in [1.54, 1.807) is 0 Å². The van der Waals surface area contributed by atoms with Gasteiger partial charge in [0.05, 0.1) is 5.69 Å². The third-order valence-electron chi connectivity index (χ3n) is 4.86. The quantitative estimate of drug-likeness (QED) is 0.911. The molecule has 1 atom stereocenters. The van der Waals surface area contributed by atoms with Gasteiger partial charge in [-0.1, -0.05) is 11.6 Å². The van der Waals surface area contributed by atoms with Crippen LogP contribution in [0.25, 0.3) is 0 Å². The fourth-order valence-corrected chi connectivity index (χ4v) is 3.82. The smallest absolute Gasteiger partial charge is 0.150 e. The molecule has 3 heterocycles. The molecule has 2 aliphatic heterocycles. The summed E-state index contributed by atoms with van der Waals surface area (Å²) in [4.78, 5) is 7.22. The van der Waals surface area contributed by atoms with Gasteiger partial charge in [0.1, 0.15) is 5.82 Å². The van der Waals surface area contributed by atoms with E-state index in [9.17, 15) is 0 Å². The monoisotopic (exact) mass is 296 g/mol. The number of imidazole rings is 1. The maximum absolute atomic E-state index is 6.33. The molecule has 1 fully saturated rings. The minimum atomic E-state index is 0.243. The van der Waals surface area contributed by atoms with Crippen LogP contribution in [0, 0.1) is 0 Å². The summed E-state index contributed by atoms with van der Waals surface area (Å²) in [6, 6.07) is 0.888. The van der Waals surface area contributed by atoms with E-state index in [1.807, 2.05) is 0 Å². The minimum absolute atomic E-state index is 0.243. The number of piperidine rings is 1. The van der Waals surface area contributed by atoms with Crippen LogP contribution in [0.1, 0.15) is 50.5 Å². The Morgan fingerprint density at radius 1 is 1.20 bits per heavy atom. The van der Waals surface area contributed by atoms with E-state index < -0.39 is 0 Å². The van der Waals surface area contributed by atoms with E-state index in [-0.39, 0.29) is 6.04 Å². The van der Waals surface area contributed by atoms with Crippen molar-refractivity contribution in [3.63, 3.8) is 0 Å². The number of likely N-dealkylation sites (tertiary alicyclic amines) is 1. The van der Waals surface area contributed by atoms with Crippen molar-refractivity contribution in [2.75, 3.05) is 13.1 Å². The van der Waals surface area contributed by atoms with Gasteiger partial charge in [-0.15, -0.1) is 0 Å². The van der Waals surface area contributed by atoms with Gasteiger partial charge in [0, 0.05) is 31.0 Å². The van der Waals surface area contributed by atoms with Crippen LogP contribution in [0.3, 0.4) is 0 Å². The average Bonchev–Trinajstić information content (AvgIpc) is 2.76. The van der Waals surface area contributed by atoms with Gasteiger partial charge in [0.25, 0.3) is 0 Å². The Labute approximate surface area is 126 Å². The molecule has 0 aromatic carbocycles. The highest BCUT2D eigenvalue weighted by Crippen LogP contribution is 2.33. The van der Waals surface area contributed by atoms with E-state index >= 15 is 0 Å². The predicted octanol–water partition coefficient (Wildman–Crippen LogP) is 2.40. The van der Waals surface area contributed by atoms with Gasteiger partial charge in [-0.3, -0.25) is 0 Å². The molecule has 0 radical (unpaired) electrons. The van der Waals surface area contributed by atoms with Crippen LogP contribution < -0.4 is 5.73 Å². The zero-order valence-electron chi connectivity index (χ0n) is 12.5. The van der Waals surface area contributed by atoms with E-state index in [2.05, 4.69) is 28.3 Å². The highest BCUT2D eigenvalue weighted by atomic mass is 35.5. The summed E-state index contributed by atoms with van der Waals surface area (Å²) in [7, 11) is 0. The average molecular weight is 297 g/mol. The lowest BCUT2D eigenvalue weighted by atomic mass is 9.94. The first-order valence-electron chi connectivity index (χ1n) is 7.80. The first-order chi connectivity index (χ1) is 9.56. The lowest BCUT2D eigenvalue weighted by Gasteiger charge is -2.35. The number of fused-ring (bicyclic) bond motifs is 1. The first-order valence-corrected chi connectivity index (χ1v) is 8.18. The van der Waals surface area contributed by atoms with Crippen molar-refractivity contribution in [3.8, 4) is 0 Å². The molecule has 1 aromatic heterocycles. The molecular weight excluding hydrogens is 272 g/mol. The van der Waals surface area contributed by atoms with Gasteiger partial charge >= 0.3 is 0 Å². The zero-order chi connectivity index (χ0) is 14.3. The molecule has 1 saturated heterocycles. The van der Waals surface area contributed by atoms with Crippen molar-refractivity contribution in [3.05, 3.63) is 16.7 Å². The minimum Gasteiger partial charge on any atom is -0.330 e. The van der Waals surface area contributed by atoms with Crippen LogP contribution in [0.5, 0.6) is 0 Å². The Morgan fingerprint density at radius 2 is 1.90 bits per heavy atom. The van der Waals surface area contributed by atoms with Gasteiger partial charge in [0.2, 0.25) is 0 Å². The van der Waals surface area contributed by atoms with Crippen LogP contribution in [0.15, 0.2) is 0 Å². The van der Waals surface area contributed by atoms with E-state index in [1.165, 1.54) is 31.8 Å². The fourth-order valence-electron chi connectivity index (χ4n) is 3.55. The molecule has 1 aromatic rings. The maximum atomic E-state index is 6.33. The third-order valence-corrected chi connectivity index (χ3v) is 5.16. The van der Waals surface area contributed by atoms with Crippen molar-refractivity contribution in [2.45, 2.75) is 64.1 Å². The Hall–Kier alpha value is -0.580. The molecule has 0 spiro atoms. The molecule has 20 heavy (non-hydrogen) atoms. The largest absolute Gasteiger partial charge is 0.330 e. The molecule has 5 heteroatoms. The van der Waals surface area contributed by atoms with Crippen LogP contribution in [-0.4, -0.2) is 39.6 Å². The number of nitrogens with two attached hydrogens (primary N) is 1. The molecule has 0 aliphatic carbocycles. The molecule has 3 rings (SSSR count). The van der Waals surface area contributed by atoms with Crippen LogP contribution >= 0.6 is 11.6 Å². The van der Waals surface area contributed by atoms with Crippen molar-refractivity contribution >= 4 is 11.6 Å². The zero-order valence-corrected chi connectivity index (χ0v) is 13.2. The summed E-state index contributed by atoms with van der Waals surface area (Å²) in [5.41, 5.74) is 7.21. The molecule has 0 saturated carbocycles. The van der Waals surface area contributed by atoms with Gasteiger partial charge in [-0.25, -0.2) is 4.98 Å². The summed E-state index contributed by atoms with van der Waals surface area (Å²) in [5, 5.41) is 0.682. The van der Waals surface area contributed by atoms with E-state index in [0.717, 1.165) is 25.1 Å². The summed E-state index contributed by atoms with van der Waals surface area (Å²) in [5.74, 6) is 1.77. The molecule has 0 amide bonds. The number of aromatic nitrogens is 2. The SMILES string of the molecule is CC(C)N1CCC(c2nc(Cl)c3n2CCC(N)C3)CC1. The molecule has 0 bridgehead atoms. The van der Waals surface area contributed by atoms with E-state index in [0.29, 0.717) is 17.1 Å². The fraction of sp³-hybridized carbons (Fsp3) is 0.800. The third kappa shape index (κ3) is 2.61. The number of hydrogen-bond acceptors (Lipinski definition) is 3. The second-order valence-corrected chi connectivity index (χ2v) is 6.87. The molecule has 1 unspecified atom stereocenters. The molecule has 2 N–H and O–H groups in total. The second-order valence-electron chi connectivity index (χ2n) is 6.52. The lowest BCUT2D eigenvalue weighted by Crippen LogP contribution is -2.38. The predicted molar refractivity (Wildman–Crippen MR) is 82.2 cm³/mol. The highest BCUT2D eigenvalue weighted by Gasteiger charge is 2.29. The van der Waals surface area contributed by atoms with Gasteiger partial charge in [-0.2, -0.15) is 0 Å². The van der Waals surface area contributed by atoms with Gasteiger partial charge in [-0.05, 0) is 46.2 Å². The summed E-state index contributed by atoms with van der Waals surface area (Å²) >= 11 is 6.33. The number of halogens is 1. The van der Waals surface area contributed by atoms with Crippen molar-refractivity contribution in [2.24, 2.45) is 5.73 Å². The van der Waals surface area contributed by atoms with E-state index in [4.69, 9.17) is 17.3 Å². The standard InChI is InChI=1S/C15H25ClN4/c1-10(2)19-6-3-11(4-7-19)15-18-14(16)13-9-12(17)5-8-20(13)15/h10-12H,3-9,17H2,1-2H3. The molecule has 4 nitrogen and oxygen atoms in total. The lowest BCUT2D eigenvalue weighted by molar-refractivity contribution is 0.168.